The van der Waals surface area contributed by atoms with Crippen LogP contribution in [0.4, 0.5) is 4.79 Å². The molecule has 5 nitrogen and oxygen atoms in total. The Kier molecular flexibility index (Phi) is 5.39. The highest BCUT2D eigenvalue weighted by atomic mass is 16.5. The second-order valence-corrected chi connectivity index (χ2v) is 4.75. The summed E-state index contributed by atoms with van der Waals surface area (Å²) in [5.74, 6) is 0. The first kappa shape index (κ1) is 14.4. The summed E-state index contributed by atoms with van der Waals surface area (Å²) >= 11 is 0. The van der Waals surface area contributed by atoms with Crippen molar-refractivity contribution in [1.82, 2.24) is 5.32 Å². The van der Waals surface area contributed by atoms with Gasteiger partial charge in [0.05, 0.1) is 18.2 Å². The van der Waals surface area contributed by atoms with Crippen LogP contribution in [0.2, 0.25) is 0 Å². The molecule has 0 spiro atoms. The second kappa shape index (κ2) is 7.51. The van der Waals surface area contributed by atoms with Crippen LogP contribution in [-0.2, 0) is 16.1 Å². The van der Waals surface area contributed by atoms with Gasteiger partial charge in [-0.2, -0.15) is 5.26 Å². The maximum Gasteiger partial charge on any atom is 0.407 e. The van der Waals surface area contributed by atoms with E-state index in [0.29, 0.717) is 0 Å². The van der Waals surface area contributed by atoms with Crippen LogP contribution >= 0.6 is 0 Å². The zero-order valence-electron chi connectivity index (χ0n) is 11.2. The van der Waals surface area contributed by atoms with Crippen LogP contribution in [0.25, 0.3) is 0 Å². The molecule has 2 atom stereocenters. The minimum atomic E-state index is -0.439. The van der Waals surface area contributed by atoms with Crippen molar-refractivity contribution in [1.29, 1.82) is 5.26 Å². The number of hydrogen-bond donors (Lipinski definition) is 1. The molecule has 1 aliphatic carbocycles. The maximum absolute atomic E-state index is 11.7. The molecule has 0 aromatic heterocycles. The Labute approximate surface area is 118 Å². The van der Waals surface area contributed by atoms with Crippen LogP contribution in [0.3, 0.4) is 0 Å². The van der Waals surface area contributed by atoms with Crippen molar-refractivity contribution in [2.24, 2.45) is 0 Å². The quantitative estimate of drug-likeness (QED) is 0.894. The molecular formula is C15H18N2O3. The Morgan fingerprint density at radius 3 is 2.90 bits per heavy atom. The minimum Gasteiger partial charge on any atom is -0.445 e. The fourth-order valence-electron chi connectivity index (χ4n) is 2.35. The molecule has 0 unspecified atom stereocenters. The van der Waals surface area contributed by atoms with E-state index in [9.17, 15) is 4.79 Å². The molecule has 5 heteroatoms. The zero-order valence-corrected chi connectivity index (χ0v) is 11.2. The van der Waals surface area contributed by atoms with E-state index in [1.54, 1.807) is 0 Å². The van der Waals surface area contributed by atoms with Gasteiger partial charge in [0.1, 0.15) is 13.2 Å². The van der Waals surface area contributed by atoms with Crippen LogP contribution in [0.15, 0.2) is 30.3 Å². The molecule has 0 saturated heterocycles. The lowest BCUT2D eigenvalue weighted by molar-refractivity contribution is 0.0574. The zero-order chi connectivity index (χ0) is 14.2. The van der Waals surface area contributed by atoms with Crippen LogP contribution < -0.4 is 5.32 Å². The smallest absolute Gasteiger partial charge is 0.407 e. The summed E-state index contributed by atoms with van der Waals surface area (Å²) in [6.07, 6.45) is 2.19. The van der Waals surface area contributed by atoms with Crippen molar-refractivity contribution >= 4 is 6.09 Å². The summed E-state index contributed by atoms with van der Waals surface area (Å²) in [7, 11) is 0. The fourth-order valence-corrected chi connectivity index (χ4v) is 2.35. The normalized spacial score (nSPS) is 21.1. The summed E-state index contributed by atoms with van der Waals surface area (Å²) < 4.78 is 10.6. The van der Waals surface area contributed by atoms with Crippen LogP contribution in [0.1, 0.15) is 24.8 Å². The van der Waals surface area contributed by atoms with Gasteiger partial charge in [-0.25, -0.2) is 4.79 Å². The molecule has 2 rings (SSSR count). The highest BCUT2D eigenvalue weighted by molar-refractivity contribution is 5.67. The van der Waals surface area contributed by atoms with Crippen molar-refractivity contribution in [2.45, 2.75) is 38.0 Å². The van der Waals surface area contributed by atoms with Gasteiger partial charge in [0.15, 0.2) is 0 Å². The summed E-state index contributed by atoms with van der Waals surface area (Å²) in [4.78, 5) is 11.7. The van der Waals surface area contributed by atoms with Gasteiger partial charge in [-0.15, -0.1) is 0 Å². The Morgan fingerprint density at radius 2 is 2.15 bits per heavy atom. The summed E-state index contributed by atoms with van der Waals surface area (Å²) in [6, 6.07) is 11.4. The standard InChI is InChI=1S/C15H18N2O3/c16-9-10-19-14-8-4-7-13(14)17-15(18)20-11-12-5-2-1-3-6-12/h1-3,5-6,13-14H,4,7-8,10-11H2,(H,17,18)/t13-,14-/m0/s1. The monoisotopic (exact) mass is 274 g/mol. The Bertz CT molecular complexity index is 470. The first-order valence-electron chi connectivity index (χ1n) is 6.75. The largest absolute Gasteiger partial charge is 0.445 e. The molecule has 1 aliphatic rings. The van der Waals surface area contributed by atoms with Crippen LogP contribution in [0.5, 0.6) is 0 Å². The van der Waals surface area contributed by atoms with E-state index in [4.69, 9.17) is 14.7 Å². The van der Waals surface area contributed by atoms with Gasteiger partial charge >= 0.3 is 6.09 Å². The molecule has 1 N–H and O–H groups in total. The number of nitriles is 1. The Hall–Kier alpha value is -2.06. The van der Waals surface area contributed by atoms with Gasteiger partial charge in [0, 0.05) is 0 Å². The molecule has 20 heavy (non-hydrogen) atoms. The third-order valence-electron chi connectivity index (χ3n) is 3.33. The molecule has 0 heterocycles. The van der Waals surface area contributed by atoms with E-state index >= 15 is 0 Å². The molecule has 1 aromatic carbocycles. The van der Waals surface area contributed by atoms with Crippen molar-refractivity contribution in [3.8, 4) is 6.07 Å². The highest BCUT2D eigenvalue weighted by Gasteiger charge is 2.29. The first-order chi connectivity index (χ1) is 9.79. The molecule has 1 fully saturated rings. The molecular weight excluding hydrogens is 256 g/mol. The van der Waals surface area contributed by atoms with Gasteiger partial charge in [-0.1, -0.05) is 30.3 Å². The third kappa shape index (κ3) is 4.25. The van der Waals surface area contributed by atoms with Crippen LogP contribution in [-0.4, -0.2) is 24.8 Å². The predicted octanol–water partition coefficient (Wildman–Crippen LogP) is 2.37. The molecule has 0 aliphatic heterocycles. The lowest BCUT2D eigenvalue weighted by Crippen LogP contribution is -2.41. The van der Waals surface area contributed by atoms with Crippen molar-refractivity contribution in [3.63, 3.8) is 0 Å². The number of alkyl carbamates (subject to hydrolysis) is 1. The van der Waals surface area contributed by atoms with Crippen molar-refractivity contribution in [2.75, 3.05) is 6.61 Å². The summed E-state index contributed by atoms with van der Waals surface area (Å²) in [5.41, 5.74) is 0.950. The number of nitrogens with one attached hydrogen (secondary N) is 1. The molecule has 0 bridgehead atoms. The first-order valence-corrected chi connectivity index (χ1v) is 6.75. The van der Waals surface area contributed by atoms with Gasteiger partial charge in [-0.05, 0) is 24.8 Å². The highest BCUT2D eigenvalue weighted by Crippen LogP contribution is 2.22. The third-order valence-corrected chi connectivity index (χ3v) is 3.33. The number of rotatable bonds is 5. The van der Waals surface area contributed by atoms with Gasteiger partial charge in [0.25, 0.3) is 0 Å². The molecule has 1 saturated carbocycles. The number of carbonyl (C=O) groups excluding carboxylic acids is 1. The molecule has 0 radical (unpaired) electrons. The maximum atomic E-state index is 11.7. The number of ether oxygens (including phenoxy) is 2. The Balaban J connectivity index is 1.75. The Morgan fingerprint density at radius 1 is 1.35 bits per heavy atom. The van der Waals surface area contributed by atoms with E-state index in [-0.39, 0.29) is 25.4 Å². The van der Waals surface area contributed by atoms with E-state index in [2.05, 4.69) is 5.32 Å². The van der Waals surface area contributed by atoms with E-state index in [0.717, 1.165) is 24.8 Å². The topological polar surface area (TPSA) is 71.3 Å². The average Bonchev–Trinajstić information content (AvgIpc) is 2.91. The predicted molar refractivity (Wildman–Crippen MR) is 72.8 cm³/mol. The van der Waals surface area contributed by atoms with Gasteiger partial charge in [-0.3, -0.25) is 0 Å². The molecule has 1 aromatic rings. The van der Waals surface area contributed by atoms with E-state index < -0.39 is 6.09 Å². The van der Waals surface area contributed by atoms with E-state index in [1.165, 1.54) is 0 Å². The SMILES string of the molecule is N#CCO[C@H]1CCC[C@@H]1NC(=O)OCc1ccccc1. The fraction of sp³-hybridized carbons (Fsp3) is 0.467. The minimum absolute atomic E-state index is 0.0575. The van der Waals surface area contributed by atoms with E-state index in [1.807, 2.05) is 36.4 Å². The van der Waals surface area contributed by atoms with Crippen molar-refractivity contribution in [3.05, 3.63) is 35.9 Å². The van der Waals surface area contributed by atoms with Gasteiger partial charge in [0.2, 0.25) is 0 Å². The molecule has 106 valence electrons. The average molecular weight is 274 g/mol. The lowest BCUT2D eigenvalue weighted by atomic mass is 10.2. The second-order valence-electron chi connectivity index (χ2n) is 4.75. The van der Waals surface area contributed by atoms with Crippen molar-refractivity contribution < 1.29 is 14.3 Å². The van der Waals surface area contributed by atoms with Gasteiger partial charge < -0.3 is 14.8 Å². The number of benzene rings is 1. The lowest BCUT2D eigenvalue weighted by Gasteiger charge is -2.20. The number of carbonyl (C=O) groups is 1. The number of nitrogens with zero attached hydrogens (tertiary/aromatic N) is 1. The summed E-state index contributed by atoms with van der Waals surface area (Å²) in [5, 5.41) is 11.3. The summed E-state index contributed by atoms with van der Waals surface area (Å²) in [6.45, 7) is 0.311. The van der Waals surface area contributed by atoms with Crippen LogP contribution in [0, 0.1) is 11.3 Å². The molecule has 1 amide bonds. The number of amides is 1. The number of hydrogen-bond acceptors (Lipinski definition) is 4.